The number of likely N-dealkylation sites (N-methyl/N-ethyl adjacent to an activating group) is 1. The van der Waals surface area contributed by atoms with Crippen molar-refractivity contribution in [3.8, 4) is 0 Å². The van der Waals surface area contributed by atoms with Gasteiger partial charge >= 0.3 is 0 Å². The SMILES string of the molecule is CCN(CC(=O)NCc1ccc(F)cc1)C(=O)c1cc2cc(F)ccc2[nH]1. The van der Waals surface area contributed by atoms with Crippen molar-refractivity contribution in [1.82, 2.24) is 15.2 Å². The van der Waals surface area contributed by atoms with Crippen molar-refractivity contribution in [3.63, 3.8) is 0 Å². The number of hydrogen-bond acceptors (Lipinski definition) is 2. The van der Waals surface area contributed by atoms with Crippen molar-refractivity contribution in [2.24, 2.45) is 0 Å². The zero-order chi connectivity index (χ0) is 19.4. The zero-order valence-corrected chi connectivity index (χ0v) is 14.8. The molecule has 0 aliphatic rings. The van der Waals surface area contributed by atoms with E-state index in [1.807, 2.05) is 0 Å². The molecule has 7 heteroatoms. The minimum absolute atomic E-state index is 0.111. The van der Waals surface area contributed by atoms with Crippen molar-refractivity contribution in [1.29, 1.82) is 0 Å². The number of fused-ring (bicyclic) bond motifs is 1. The molecule has 27 heavy (non-hydrogen) atoms. The number of nitrogens with one attached hydrogen (secondary N) is 2. The van der Waals surface area contributed by atoms with Crippen LogP contribution >= 0.6 is 0 Å². The third-order valence-electron chi connectivity index (χ3n) is 4.22. The number of benzene rings is 2. The molecule has 0 saturated heterocycles. The van der Waals surface area contributed by atoms with Gasteiger partial charge in [0.1, 0.15) is 17.3 Å². The second kappa shape index (κ2) is 7.99. The van der Waals surface area contributed by atoms with E-state index in [0.717, 1.165) is 5.56 Å². The van der Waals surface area contributed by atoms with Crippen molar-refractivity contribution >= 4 is 22.7 Å². The van der Waals surface area contributed by atoms with Gasteiger partial charge in [-0.25, -0.2) is 8.78 Å². The van der Waals surface area contributed by atoms with Gasteiger partial charge in [-0.2, -0.15) is 0 Å². The Morgan fingerprint density at radius 2 is 1.74 bits per heavy atom. The maximum Gasteiger partial charge on any atom is 0.270 e. The van der Waals surface area contributed by atoms with Gasteiger partial charge in [0.25, 0.3) is 5.91 Å². The number of H-pyrrole nitrogens is 1. The fourth-order valence-electron chi connectivity index (χ4n) is 2.75. The lowest BCUT2D eigenvalue weighted by Gasteiger charge is -2.19. The van der Waals surface area contributed by atoms with Gasteiger partial charge in [-0.1, -0.05) is 12.1 Å². The normalized spacial score (nSPS) is 10.8. The van der Waals surface area contributed by atoms with Gasteiger partial charge in [0.05, 0.1) is 6.54 Å². The Bertz CT molecular complexity index is 967. The summed E-state index contributed by atoms with van der Waals surface area (Å²) in [5.41, 5.74) is 1.71. The Kier molecular flexibility index (Phi) is 5.49. The van der Waals surface area contributed by atoms with Crippen molar-refractivity contribution in [2.75, 3.05) is 13.1 Å². The number of aromatic amines is 1. The standard InChI is InChI=1S/C20H19F2N3O2/c1-2-25(12-19(26)23-11-13-3-5-15(21)6-4-13)20(27)18-10-14-9-16(22)7-8-17(14)24-18/h3-10,24H,2,11-12H2,1H3,(H,23,26). The van der Waals surface area contributed by atoms with E-state index in [9.17, 15) is 18.4 Å². The molecule has 0 bridgehead atoms. The fourth-order valence-corrected chi connectivity index (χ4v) is 2.75. The monoisotopic (exact) mass is 371 g/mol. The first-order chi connectivity index (χ1) is 13.0. The van der Waals surface area contributed by atoms with Gasteiger partial charge in [0.2, 0.25) is 5.91 Å². The fraction of sp³-hybridized carbons (Fsp3) is 0.200. The summed E-state index contributed by atoms with van der Waals surface area (Å²) in [6.45, 7) is 2.25. The van der Waals surface area contributed by atoms with E-state index >= 15 is 0 Å². The van der Waals surface area contributed by atoms with Crippen LogP contribution in [0.1, 0.15) is 23.0 Å². The number of hydrogen-bond donors (Lipinski definition) is 2. The molecule has 0 aliphatic carbocycles. The summed E-state index contributed by atoms with van der Waals surface area (Å²) in [5.74, 6) is -1.39. The number of aromatic nitrogens is 1. The van der Waals surface area contributed by atoms with Crippen LogP contribution in [0.15, 0.2) is 48.5 Å². The molecule has 0 saturated carbocycles. The first kappa shape index (κ1) is 18.6. The molecule has 3 rings (SSSR count). The van der Waals surface area contributed by atoms with Crippen LogP contribution in [-0.2, 0) is 11.3 Å². The number of nitrogens with zero attached hydrogens (tertiary/aromatic N) is 1. The lowest BCUT2D eigenvalue weighted by Crippen LogP contribution is -2.40. The predicted octanol–water partition coefficient (Wildman–Crippen LogP) is 3.22. The van der Waals surface area contributed by atoms with Gasteiger partial charge in [-0.3, -0.25) is 9.59 Å². The third kappa shape index (κ3) is 4.49. The molecule has 3 aromatic rings. The van der Waals surface area contributed by atoms with Crippen molar-refractivity contribution in [2.45, 2.75) is 13.5 Å². The van der Waals surface area contributed by atoms with Gasteiger partial charge in [0.15, 0.2) is 0 Å². The number of halogens is 2. The van der Waals surface area contributed by atoms with E-state index in [-0.39, 0.29) is 36.5 Å². The van der Waals surface area contributed by atoms with Crippen LogP contribution in [0, 0.1) is 11.6 Å². The van der Waals surface area contributed by atoms with Gasteiger partial charge < -0.3 is 15.2 Å². The van der Waals surface area contributed by atoms with Crippen LogP contribution in [0.3, 0.4) is 0 Å². The first-order valence-electron chi connectivity index (χ1n) is 8.55. The summed E-state index contributed by atoms with van der Waals surface area (Å²) in [6.07, 6.45) is 0. The molecule has 0 aliphatic heterocycles. The first-order valence-corrected chi connectivity index (χ1v) is 8.55. The highest BCUT2D eigenvalue weighted by molar-refractivity contribution is 5.99. The minimum atomic E-state index is -0.381. The second-order valence-corrected chi connectivity index (χ2v) is 6.14. The summed E-state index contributed by atoms with van der Waals surface area (Å²) in [4.78, 5) is 29.2. The predicted molar refractivity (Wildman–Crippen MR) is 98.1 cm³/mol. The molecule has 5 nitrogen and oxygen atoms in total. The largest absolute Gasteiger partial charge is 0.351 e. The molecule has 0 atom stereocenters. The molecule has 2 N–H and O–H groups in total. The van der Waals surface area contributed by atoms with E-state index < -0.39 is 0 Å². The van der Waals surface area contributed by atoms with Crippen LogP contribution in [0.5, 0.6) is 0 Å². The molecular formula is C20H19F2N3O2. The lowest BCUT2D eigenvalue weighted by atomic mass is 10.2. The minimum Gasteiger partial charge on any atom is -0.351 e. The number of amides is 2. The summed E-state index contributed by atoms with van der Waals surface area (Å²) < 4.78 is 26.2. The van der Waals surface area contributed by atoms with E-state index in [4.69, 9.17) is 0 Å². The Hall–Kier alpha value is -3.22. The van der Waals surface area contributed by atoms with Crippen LogP contribution in [-0.4, -0.2) is 34.8 Å². The molecule has 0 fully saturated rings. The zero-order valence-electron chi connectivity index (χ0n) is 14.8. The molecular weight excluding hydrogens is 352 g/mol. The lowest BCUT2D eigenvalue weighted by molar-refractivity contribution is -0.121. The Morgan fingerprint density at radius 1 is 1.04 bits per heavy atom. The van der Waals surface area contributed by atoms with Crippen LogP contribution < -0.4 is 5.32 Å². The maximum atomic E-state index is 13.3. The quantitative estimate of drug-likeness (QED) is 0.699. The number of rotatable bonds is 6. The Balaban J connectivity index is 1.63. The average Bonchev–Trinajstić information content (AvgIpc) is 3.08. The average molecular weight is 371 g/mol. The summed E-state index contributed by atoms with van der Waals surface area (Å²) in [7, 11) is 0. The Morgan fingerprint density at radius 3 is 2.44 bits per heavy atom. The molecule has 0 unspecified atom stereocenters. The third-order valence-corrected chi connectivity index (χ3v) is 4.22. The van der Waals surface area contributed by atoms with Crippen LogP contribution in [0.4, 0.5) is 8.78 Å². The second-order valence-electron chi connectivity index (χ2n) is 6.14. The number of carbonyl (C=O) groups is 2. The summed E-state index contributed by atoms with van der Waals surface area (Å²) in [6, 6.07) is 11.6. The summed E-state index contributed by atoms with van der Waals surface area (Å²) >= 11 is 0. The molecule has 2 aromatic carbocycles. The summed E-state index contributed by atoms with van der Waals surface area (Å²) in [5, 5.41) is 3.30. The molecule has 2 amide bonds. The molecule has 1 heterocycles. The van der Waals surface area contributed by atoms with E-state index in [0.29, 0.717) is 23.1 Å². The van der Waals surface area contributed by atoms with E-state index in [1.165, 1.54) is 29.2 Å². The van der Waals surface area contributed by atoms with Crippen LogP contribution in [0.2, 0.25) is 0 Å². The topological polar surface area (TPSA) is 65.2 Å². The Labute approximate surface area is 155 Å². The van der Waals surface area contributed by atoms with Crippen LogP contribution in [0.25, 0.3) is 10.9 Å². The molecule has 0 spiro atoms. The van der Waals surface area contributed by atoms with Gasteiger partial charge in [-0.15, -0.1) is 0 Å². The highest BCUT2D eigenvalue weighted by Gasteiger charge is 2.19. The smallest absolute Gasteiger partial charge is 0.270 e. The van der Waals surface area contributed by atoms with Crippen molar-refractivity contribution < 1.29 is 18.4 Å². The van der Waals surface area contributed by atoms with Gasteiger partial charge in [-0.05, 0) is 48.9 Å². The molecule has 140 valence electrons. The number of carbonyl (C=O) groups excluding carboxylic acids is 2. The maximum absolute atomic E-state index is 13.3. The highest BCUT2D eigenvalue weighted by Crippen LogP contribution is 2.17. The van der Waals surface area contributed by atoms with E-state index in [1.54, 1.807) is 31.2 Å². The molecule has 1 aromatic heterocycles. The highest BCUT2D eigenvalue weighted by atomic mass is 19.1. The van der Waals surface area contributed by atoms with Crippen molar-refractivity contribution in [3.05, 3.63) is 71.4 Å². The molecule has 0 radical (unpaired) electrons. The van der Waals surface area contributed by atoms with Gasteiger partial charge in [0, 0.05) is 24.0 Å². The van der Waals surface area contributed by atoms with E-state index in [2.05, 4.69) is 10.3 Å².